The lowest BCUT2D eigenvalue weighted by Gasteiger charge is -2.22. The van der Waals surface area contributed by atoms with Crippen molar-refractivity contribution in [2.75, 3.05) is 19.0 Å². The highest BCUT2D eigenvalue weighted by molar-refractivity contribution is 5.85. The molecule has 0 bridgehead atoms. The van der Waals surface area contributed by atoms with Gasteiger partial charge in [0.2, 0.25) is 0 Å². The average Bonchev–Trinajstić information content (AvgIpc) is 2.55. The third-order valence-electron chi connectivity index (χ3n) is 4.37. The Bertz CT molecular complexity index is 679. The number of anilines is 1. The van der Waals surface area contributed by atoms with E-state index in [0.717, 1.165) is 42.0 Å². The minimum Gasteiger partial charge on any atom is -0.507 e. The maximum Gasteiger partial charge on any atom is 0.123 e. The van der Waals surface area contributed by atoms with Crippen LogP contribution in [0.5, 0.6) is 11.5 Å². The standard InChI is InChI=1S/C19H23NO2/c1-3-20-17-12-14(22-2)9-10-16(17)19-15-7-5-4-6-13(15)8-11-18(19)21/h8-12,20-21H,3-7H2,1-2H3. The first-order valence-electron chi connectivity index (χ1n) is 8.00. The number of phenolic OH excluding ortho intramolecular Hbond substituents is 1. The Morgan fingerprint density at radius 2 is 1.95 bits per heavy atom. The summed E-state index contributed by atoms with van der Waals surface area (Å²) in [5.74, 6) is 1.19. The number of methoxy groups -OCH3 is 1. The van der Waals surface area contributed by atoms with Gasteiger partial charge in [-0.25, -0.2) is 0 Å². The molecule has 1 aliphatic rings. The number of hydrogen-bond acceptors (Lipinski definition) is 3. The van der Waals surface area contributed by atoms with E-state index >= 15 is 0 Å². The first-order chi connectivity index (χ1) is 10.7. The molecule has 0 radical (unpaired) electrons. The highest BCUT2D eigenvalue weighted by Crippen LogP contribution is 2.42. The number of hydrogen-bond donors (Lipinski definition) is 2. The van der Waals surface area contributed by atoms with Crippen molar-refractivity contribution in [2.24, 2.45) is 0 Å². The lowest BCUT2D eigenvalue weighted by molar-refractivity contribution is 0.415. The summed E-state index contributed by atoms with van der Waals surface area (Å²) in [6, 6.07) is 9.91. The topological polar surface area (TPSA) is 41.5 Å². The number of aromatic hydroxyl groups is 1. The highest BCUT2D eigenvalue weighted by atomic mass is 16.5. The van der Waals surface area contributed by atoms with E-state index in [1.54, 1.807) is 7.11 Å². The van der Waals surface area contributed by atoms with Gasteiger partial charge >= 0.3 is 0 Å². The third kappa shape index (κ3) is 2.63. The van der Waals surface area contributed by atoms with Gasteiger partial charge < -0.3 is 15.2 Å². The minimum atomic E-state index is 0.366. The van der Waals surface area contributed by atoms with Gasteiger partial charge in [0.15, 0.2) is 0 Å². The molecule has 22 heavy (non-hydrogen) atoms. The zero-order valence-corrected chi connectivity index (χ0v) is 13.3. The van der Waals surface area contributed by atoms with Crippen molar-refractivity contribution in [1.82, 2.24) is 0 Å². The van der Waals surface area contributed by atoms with Crippen LogP contribution in [-0.2, 0) is 12.8 Å². The van der Waals surface area contributed by atoms with Gasteiger partial charge in [-0.2, -0.15) is 0 Å². The largest absolute Gasteiger partial charge is 0.507 e. The van der Waals surface area contributed by atoms with E-state index in [2.05, 4.69) is 18.3 Å². The maximum atomic E-state index is 10.5. The van der Waals surface area contributed by atoms with Crippen LogP contribution >= 0.6 is 0 Å². The lowest BCUT2D eigenvalue weighted by Crippen LogP contribution is -2.06. The van der Waals surface area contributed by atoms with Crippen molar-refractivity contribution in [3.63, 3.8) is 0 Å². The molecule has 3 rings (SSSR count). The zero-order valence-electron chi connectivity index (χ0n) is 13.3. The van der Waals surface area contributed by atoms with Gasteiger partial charge in [-0.3, -0.25) is 0 Å². The fraction of sp³-hybridized carbons (Fsp3) is 0.368. The quantitative estimate of drug-likeness (QED) is 0.880. The van der Waals surface area contributed by atoms with E-state index in [-0.39, 0.29) is 0 Å². The van der Waals surface area contributed by atoms with Gasteiger partial charge in [0.25, 0.3) is 0 Å². The molecule has 0 saturated heterocycles. The monoisotopic (exact) mass is 297 g/mol. The minimum absolute atomic E-state index is 0.366. The fourth-order valence-electron chi connectivity index (χ4n) is 3.32. The Balaban J connectivity index is 2.18. The van der Waals surface area contributed by atoms with Crippen LogP contribution in [0.3, 0.4) is 0 Å². The Morgan fingerprint density at radius 3 is 2.73 bits per heavy atom. The second-order valence-corrected chi connectivity index (χ2v) is 5.75. The van der Waals surface area contributed by atoms with Gasteiger partial charge in [-0.05, 0) is 61.9 Å². The Morgan fingerprint density at radius 1 is 1.14 bits per heavy atom. The van der Waals surface area contributed by atoms with Crippen molar-refractivity contribution < 1.29 is 9.84 Å². The highest BCUT2D eigenvalue weighted by Gasteiger charge is 2.20. The van der Waals surface area contributed by atoms with Crippen LogP contribution in [-0.4, -0.2) is 18.8 Å². The Kier molecular flexibility index (Phi) is 4.23. The molecule has 0 saturated carbocycles. The van der Waals surface area contributed by atoms with E-state index in [1.165, 1.54) is 24.0 Å². The molecule has 2 aromatic rings. The van der Waals surface area contributed by atoms with Gasteiger partial charge in [-0.1, -0.05) is 6.07 Å². The summed E-state index contributed by atoms with van der Waals surface area (Å²) in [6.07, 6.45) is 4.57. The zero-order chi connectivity index (χ0) is 15.5. The fourth-order valence-corrected chi connectivity index (χ4v) is 3.32. The molecule has 0 aromatic heterocycles. The Labute approximate surface area is 131 Å². The lowest BCUT2D eigenvalue weighted by atomic mass is 9.85. The summed E-state index contributed by atoms with van der Waals surface area (Å²) < 4.78 is 5.33. The van der Waals surface area contributed by atoms with Gasteiger partial charge in [0.05, 0.1) is 7.11 Å². The second-order valence-electron chi connectivity index (χ2n) is 5.75. The van der Waals surface area contributed by atoms with E-state index in [4.69, 9.17) is 4.74 Å². The molecule has 0 spiro atoms. The van der Waals surface area contributed by atoms with Crippen LogP contribution in [0.15, 0.2) is 30.3 Å². The molecule has 0 heterocycles. The number of nitrogens with one attached hydrogen (secondary N) is 1. The molecule has 116 valence electrons. The number of fused-ring (bicyclic) bond motifs is 1. The SMILES string of the molecule is CCNc1cc(OC)ccc1-c1c(O)ccc2c1CCCC2. The number of rotatable bonds is 4. The first-order valence-corrected chi connectivity index (χ1v) is 8.00. The molecule has 0 unspecified atom stereocenters. The molecule has 0 amide bonds. The molecule has 2 N–H and O–H groups in total. The smallest absolute Gasteiger partial charge is 0.123 e. The number of aryl methyl sites for hydroxylation is 1. The van der Waals surface area contributed by atoms with E-state index in [1.807, 2.05) is 24.3 Å². The number of ether oxygens (including phenoxy) is 1. The molecular formula is C19H23NO2. The number of phenols is 1. The summed E-state index contributed by atoms with van der Waals surface area (Å²) in [6.45, 7) is 2.90. The molecule has 0 fully saturated rings. The molecule has 3 heteroatoms. The van der Waals surface area contributed by atoms with Crippen molar-refractivity contribution in [3.05, 3.63) is 41.5 Å². The van der Waals surface area contributed by atoms with Crippen molar-refractivity contribution >= 4 is 5.69 Å². The predicted molar refractivity (Wildman–Crippen MR) is 90.9 cm³/mol. The average molecular weight is 297 g/mol. The van der Waals surface area contributed by atoms with Crippen molar-refractivity contribution in [2.45, 2.75) is 32.6 Å². The summed E-state index contributed by atoms with van der Waals surface area (Å²) in [5, 5.41) is 13.9. The van der Waals surface area contributed by atoms with Gasteiger partial charge in [0, 0.05) is 29.4 Å². The van der Waals surface area contributed by atoms with Crippen molar-refractivity contribution in [3.8, 4) is 22.6 Å². The van der Waals surface area contributed by atoms with Gasteiger partial charge in [0.1, 0.15) is 11.5 Å². The van der Waals surface area contributed by atoms with Crippen LogP contribution in [0, 0.1) is 0 Å². The summed E-state index contributed by atoms with van der Waals surface area (Å²) in [4.78, 5) is 0. The van der Waals surface area contributed by atoms with Crippen LogP contribution < -0.4 is 10.1 Å². The van der Waals surface area contributed by atoms with Crippen LogP contribution in [0.2, 0.25) is 0 Å². The molecular weight excluding hydrogens is 274 g/mol. The normalized spacial score (nSPS) is 13.5. The predicted octanol–water partition coefficient (Wildman–Crippen LogP) is 4.38. The summed E-state index contributed by atoms with van der Waals surface area (Å²) >= 11 is 0. The molecule has 2 aromatic carbocycles. The van der Waals surface area contributed by atoms with Gasteiger partial charge in [-0.15, -0.1) is 0 Å². The van der Waals surface area contributed by atoms with E-state index in [9.17, 15) is 5.11 Å². The third-order valence-corrected chi connectivity index (χ3v) is 4.37. The molecule has 0 atom stereocenters. The van der Waals surface area contributed by atoms with Crippen LogP contribution in [0.1, 0.15) is 30.9 Å². The number of benzene rings is 2. The summed E-state index contributed by atoms with van der Waals surface area (Å²) in [7, 11) is 1.67. The maximum absolute atomic E-state index is 10.5. The second kappa shape index (κ2) is 6.30. The Hall–Kier alpha value is -2.16. The van der Waals surface area contributed by atoms with E-state index < -0.39 is 0 Å². The van der Waals surface area contributed by atoms with Crippen LogP contribution in [0.4, 0.5) is 5.69 Å². The molecule has 1 aliphatic carbocycles. The molecule has 3 nitrogen and oxygen atoms in total. The first kappa shape index (κ1) is 14.8. The van der Waals surface area contributed by atoms with E-state index in [0.29, 0.717) is 5.75 Å². The van der Waals surface area contributed by atoms with Crippen molar-refractivity contribution in [1.29, 1.82) is 0 Å². The molecule has 0 aliphatic heterocycles. The summed E-state index contributed by atoms with van der Waals surface area (Å²) in [5.41, 5.74) is 5.72. The van der Waals surface area contributed by atoms with Crippen LogP contribution in [0.25, 0.3) is 11.1 Å².